The molecule has 0 spiro atoms. The molecule has 0 aromatic carbocycles. The normalized spacial score (nSPS) is 33.6. The summed E-state index contributed by atoms with van der Waals surface area (Å²) in [6.45, 7) is 0. The molecule has 1 nitrogen and oxygen atoms in total. The van der Waals surface area contributed by atoms with Crippen molar-refractivity contribution >= 4 is 0 Å². The smallest absolute Gasteiger partial charge is 0.389 e. The minimum absolute atomic E-state index is 0.319. The summed E-state index contributed by atoms with van der Waals surface area (Å²) in [4.78, 5) is 0. The number of alkyl halides is 3. The van der Waals surface area contributed by atoms with Gasteiger partial charge in [0.25, 0.3) is 0 Å². The van der Waals surface area contributed by atoms with Gasteiger partial charge < -0.3 is 5.11 Å². The molecule has 0 amide bonds. The Morgan fingerprint density at radius 3 is 2.10 bits per heavy atom. The number of hydrogen-bond acceptors (Lipinski definition) is 1. The molecule has 60 valence electrons. The summed E-state index contributed by atoms with van der Waals surface area (Å²) in [5, 5.41) is 8.65. The van der Waals surface area contributed by atoms with Gasteiger partial charge in [-0.2, -0.15) is 13.2 Å². The number of hydrogen-bond donors (Lipinski definition) is 1. The Bertz CT molecular complexity index is 115. The highest BCUT2D eigenvalue weighted by molar-refractivity contribution is 4.80. The molecule has 10 heavy (non-hydrogen) atoms. The van der Waals surface area contributed by atoms with Gasteiger partial charge in [-0.3, -0.25) is 0 Å². The van der Waals surface area contributed by atoms with Crippen molar-refractivity contribution in [3.63, 3.8) is 0 Å². The lowest BCUT2D eigenvalue weighted by atomic mass is 9.80. The fourth-order valence-corrected chi connectivity index (χ4v) is 1.19. The van der Waals surface area contributed by atoms with Crippen LogP contribution in [0, 0.1) is 5.92 Å². The van der Waals surface area contributed by atoms with E-state index in [0.29, 0.717) is 12.8 Å². The van der Waals surface area contributed by atoms with Crippen molar-refractivity contribution < 1.29 is 18.3 Å². The molecule has 0 aromatic heterocycles. The quantitative estimate of drug-likeness (QED) is 0.609. The maximum Gasteiger partial charge on any atom is 0.389 e. The first-order chi connectivity index (χ1) is 4.47. The van der Waals surface area contributed by atoms with E-state index in [1.54, 1.807) is 0 Å². The SMILES string of the molecule is OC1CC(CC(F)(F)F)C1. The van der Waals surface area contributed by atoms with E-state index in [0.717, 1.165) is 0 Å². The summed E-state index contributed by atoms with van der Waals surface area (Å²) < 4.78 is 34.7. The van der Waals surface area contributed by atoms with Gasteiger partial charge in [0, 0.05) is 6.42 Å². The zero-order chi connectivity index (χ0) is 7.78. The predicted octanol–water partition coefficient (Wildman–Crippen LogP) is 1.71. The van der Waals surface area contributed by atoms with Crippen LogP contribution in [-0.4, -0.2) is 17.4 Å². The molecule has 0 bridgehead atoms. The molecule has 0 aliphatic heterocycles. The number of aliphatic hydroxyl groups excluding tert-OH is 1. The van der Waals surface area contributed by atoms with Crippen LogP contribution < -0.4 is 0 Å². The van der Waals surface area contributed by atoms with Gasteiger partial charge in [-0.1, -0.05) is 0 Å². The van der Waals surface area contributed by atoms with Gasteiger partial charge in [0.2, 0.25) is 0 Å². The van der Waals surface area contributed by atoms with Crippen molar-refractivity contribution in [1.29, 1.82) is 0 Å². The molecule has 0 saturated heterocycles. The number of rotatable bonds is 1. The average Bonchev–Trinajstić information content (AvgIpc) is 1.57. The summed E-state index contributed by atoms with van der Waals surface area (Å²) in [6, 6.07) is 0. The summed E-state index contributed by atoms with van der Waals surface area (Å²) in [7, 11) is 0. The van der Waals surface area contributed by atoms with Crippen molar-refractivity contribution in [3.05, 3.63) is 0 Å². The third-order valence-corrected chi connectivity index (χ3v) is 1.73. The van der Waals surface area contributed by atoms with Crippen LogP contribution in [0.2, 0.25) is 0 Å². The molecule has 1 aliphatic carbocycles. The topological polar surface area (TPSA) is 20.2 Å². The molecular weight excluding hydrogens is 145 g/mol. The minimum Gasteiger partial charge on any atom is -0.393 e. The maximum absolute atomic E-state index is 11.6. The summed E-state index contributed by atoms with van der Waals surface area (Å²) >= 11 is 0. The highest BCUT2D eigenvalue weighted by Gasteiger charge is 2.37. The molecule has 4 heteroatoms. The van der Waals surface area contributed by atoms with Gasteiger partial charge in [-0.25, -0.2) is 0 Å². The molecular formula is C6H9F3O. The second kappa shape index (κ2) is 2.42. The Labute approximate surface area is 56.8 Å². The molecule has 0 unspecified atom stereocenters. The molecule has 1 saturated carbocycles. The van der Waals surface area contributed by atoms with Gasteiger partial charge in [-0.15, -0.1) is 0 Å². The van der Waals surface area contributed by atoms with Crippen LogP contribution in [0.1, 0.15) is 19.3 Å². The van der Waals surface area contributed by atoms with Crippen molar-refractivity contribution in [2.45, 2.75) is 31.5 Å². The van der Waals surface area contributed by atoms with Crippen LogP contribution in [0.3, 0.4) is 0 Å². The largest absolute Gasteiger partial charge is 0.393 e. The molecule has 1 N–H and O–H groups in total. The van der Waals surface area contributed by atoms with E-state index in [9.17, 15) is 13.2 Å². The fourth-order valence-electron chi connectivity index (χ4n) is 1.19. The Balaban J connectivity index is 2.16. The van der Waals surface area contributed by atoms with Gasteiger partial charge in [0.05, 0.1) is 6.10 Å². The molecule has 1 rings (SSSR count). The van der Waals surface area contributed by atoms with Gasteiger partial charge >= 0.3 is 6.18 Å². The molecule has 1 aliphatic rings. The fraction of sp³-hybridized carbons (Fsp3) is 1.00. The first-order valence-electron chi connectivity index (χ1n) is 3.22. The van der Waals surface area contributed by atoms with Crippen LogP contribution >= 0.6 is 0 Å². The third kappa shape index (κ3) is 2.17. The molecule has 0 aromatic rings. The van der Waals surface area contributed by atoms with Crippen LogP contribution in [0.5, 0.6) is 0 Å². The van der Waals surface area contributed by atoms with Crippen molar-refractivity contribution in [2.75, 3.05) is 0 Å². The van der Waals surface area contributed by atoms with Crippen LogP contribution in [0.4, 0.5) is 13.2 Å². The predicted molar refractivity (Wildman–Crippen MR) is 29.4 cm³/mol. The van der Waals surface area contributed by atoms with Crippen molar-refractivity contribution in [3.8, 4) is 0 Å². The second-order valence-corrected chi connectivity index (χ2v) is 2.81. The van der Waals surface area contributed by atoms with Crippen LogP contribution in [0.25, 0.3) is 0 Å². The summed E-state index contributed by atoms with van der Waals surface area (Å²) in [5.41, 5.74) is 0. The Morgan fingerprint density at radius 1 is 1.30 bits per heavy atom. The van der Waals surface area contributed by atoms with Crippen LogP contribution in [-0.2, 0) is 0 Å². The van der Waals surface area contributed by atoms with E-state index in [2.05, 4.69) is 0 Å². The molecule has 0 radical (unpaired) electrons. The lowest BCUT2D eigenvalue weighted by molar-refractivity contribution is -0.157. The first-order valence-corrected chi connectivity index (χ1v) is 3.22. The Hall–Kier alpha value is -0.250. The minimum atomic E-state index is -4.05. The lowest BCUT2D eigenvalue weighted by Gasteiger charge is -2.31. The van der Waals surface area contributed by atoms with E-state index in [1.165, 1.54) is 0 Å². The molecule has 1 fully saturated rings. The highest BCUT2D eigenvalue weighted by Crippen LogP contribution is 2.36. The number of halogens is 3. The zero-order valence-corrected chi connectivity index (χ0v) is 5.36. The summed E-state index contributed by atoms with van der Waals surface area (Å²) in [5.74, 6) is -0.324. The van der Waals surface area contributed by atoms with Crippen molar-refractivity contribution in [2.24, 2.45) is 5.92 Å². The monoisotopic (exact) mass is 154 g/mol. The first kappa shape index (κ1) is 7.85. The third-order valence-electron chi connectivity index (χ3n) is 1.73. The molecule has 0 atom stereocenters. The number of aliphatic hydroxyl groups is 1. The van der Waals surface area contributed by atoms with Crippen LogP contribution in [0.15, 0.2) is 0 Å². The van der Waals surface area contributed by atoms with Gasteiger partial charge in [0.15, 0.2) is 0 Å². The van der Waals surface area contributed by atoms with Gasteiger partial charge in [-0.05, 0) is 18.8 Å². The molecule has 0 heterocycles. The Kier molecular flexibility index (Phi) is 1.90. The maximum atomic E-state index is 11.6. The second-order valence-electron chi connectivity index (χ2n) is 2.81. The average molecular weight is 154 g/mol. The highest BCUT2D eigenvalue weighted by atomic mass is 19.4. The van der Waals surface area contributed by atoms with E-state index < -0.39 is 18.7 Å². The summed E-state index contributed by atoms with van der Waals surface area (Å²) in [6.07, 6.45) is -4.62. The van der Waals surface area contributed by atoms with E-state index >= 15 is 0 Å². The van der Waals surface area contributed by atoms with E-state index in [1.807, 2.05) is 0 Å². The van der Waals surface area contributed by atoms with E-state index in [-0.39, 0.29) is 5.92 Å². The zero-order valence-electron chi connectivity index (χ0n) is 5.36. The lowest BCUT2D eigenvalue weighted by Crippen LogP contribution is -2.31. The van der Waals surface area contributed by atoms with E-state index in [4.69, 9.17) is 5.11 Å². The standard InChI is InChI=1S/C6H9F3O/c7-6(8,9)3-4-1-5(10)2-4/h4-5,10H,1-3H2. The Morgan fingerprint density at radius 2 is 1.80 bits per heavy atom. The van der Waals surface area contributed by atoms with Crippen molar-refractivity contribution in [1.82, 2.24) is 0 Å². The van der Waals surface area contributed by atoms with Gasteiger partial charge in [0.1, 0.15) is 0 Å².